The van der Waals surface area contributed by atoms with Gasteiger partial charge in [-0.3, -0.25) is 9.59 Å². The number of carbonyl (C=O) groups excluding carboxylic acids is 2. The van der Waals surface area contributed by atoms with E-state index in [-0.39, 0.29) is 25.0 Å². The maximum Gasteiger partial charge on any atom is 0.310 e. The van der Waals surface area contributed by atoms with E-state index in [4.69, 9.17) is 25.8 Å². The van der Waals surface area contributed by atoms with Crippen LogP contribution in [0, 0.1) is 0 Å². The third kappa shape index (κ3) is 6.18. The summed E-state index contributed by atoms with van der Waals surface area (Å²) in [4.78, 5) is 24.0. The van der Waals surface area contributed by atoms with Crippen molar-refractivity contribution in [1.82, 2.24) is 5.32 Å². The Hall–Kier alpha value is -2.73. The molecule has 2 rings (SSSR count). The zero-order valence-corrected chi connectivity index (χ0v) is 16.2. The molecule has 0 saturated heterocycles. The molecule has 0 aromatic heterocycles. The van der Waals surface area contributed by atoms with Crippen LogP contribution in [0.1, 0.15) is 24.1 Å². The number of amides is 1. The lowest BCUT2D eigenvalue weighted by atomic mass is 10.1. The number of methoxy groups -OCH3 is 2. The van der Waals surface area contributed by atoms with E-state index in [0.29, 0.717) is 22.1 Å². The highest BCUT2D eigenvalue weighted by atomic mass is 35.5. The lowest BCUT2D eigenvalue weighted by Gasteiger charge is -2.15. The van der Waals surface area contributed by atoms with Crippen LogP contribution >= 0.6 is 11.6 Å². The summed E-state index contributed by atoms with van der Waals surface area (Å²) in [7, 11) is 3.06. The van der Waals surface area contributed by atoms with Gasteiger partial charge in [-0.25, -0.2) is 0 Å². The number of hydrogen-bond acceptors (Lipinski definition) is 5. The van der Waals surface area contributed by atoms with Crippen LogP contribution in [0.3, 0.4) is 0 Å². The number of carbonyl (C=O) groups is 2. The van der Waals surface area contributed by atoms with Gasteiger partial charge in [-0.1, -0.05) is 29.8 Å². The Balaban J connectivity index is 1.83. The van der Waals surface area contributed by atoms with Gasteiger partial charge >= 0.3 is 5.97 Å². The zero-order chi connectivity index (χ0) is 19.8. The van der Waals surface area contributed by atoms with Crippen LogP contribution in [0.5, 0.6) is 11.5 Å². The summed E-state index contributed by atoms with van der Waals surface area (Å²) in [6, 6.07) is 12.1. The van der Waals surface area contributed by atoms with Gasteiger partial charge in [0.15, 0.2) is 18.1 Å². The Morgan fingerprint density at radius 2 is 1.81 bits per heavy atom. The van der Waals surface area contributed by atoms with Crippen molar-refractivity contribution in [2.45, 2.75) is 19.4 Å². The van der Waals surface area contributed by atoms with Gasteiger partial charge in [0.05, 0.1) is 26.7 Å². The molecule has 0 unspecified atom stereocenters. The Kier molecular flexibility index (Phi) is 7.49. The predicted molar refractivity (Wildman–Crippen MR) is 102 cm³/mol. The van der Waals surface area contributed by atoms with Gasteiger partial charge < -0.3 is 19.5 Å². The first-order valence-electron chi connectivity index (χ1n) is 8.34. The number of ether oxygens (including phenoxy) is 3. The van der Waals surface area contributed by atoms with Crippen molar-refractivity contribution in [2.75, 3.05) is 20.8 Å². The highest BCUT2D eigenvalue weighted by molar-refractivity contribution is 6.30. The van der Waals surface area contributed by atoms with E-state index in [9.17, 15) is 9.59 Å². The average molecular weight is 392 g/mol. The molecule has 0 aliphatic heterocycles. The van der Waals surface area contributed by atoms with Crippen LogP contribution < -0.4 is 14.8 Å². The SMILES string of the molecule is COc1ccc(CC(=O)OCC(=O)N[C@@H](C)c2cccc(Cl)c2)cc1OC. The fourth-order valence-corrected chi connectivity index (χ4v) is 2.70. The summed E-state index contributed by atoms with van der Waals surface area (Å²) in [5.74, 6) is 0.204. The van der Waals surface area contributed by atoms with Gasteiger partial charge in [0.25, 0.3) is 5.91 Å². The Morgan fingerprint density at radius 3 is 2.48 bits per heavy atom. The van der Waals surface area contributed by atoms with Gasteiger partial charge in [0, 0.05) is 5.02 Å². The lowest BCUT2D eigenvalue weighted by molar-refractivity contribution is -0.148. The second-order valence-corrected chi connectivity index (χ2v) is 6.31. The zero-order valence-electron chi connectivity index (χ0n) is 15.5. The predicted octanol–water partition coefficient (Wildman–Crippen LogP) is 3.32. The molecular formula is C20H22ClNO5. The monoisotopic (exact) mass is 391 g/mol. The average Bonchev–Trinajstić information content (AvgIpc) is 2.66. The molecular weight excluding hydrogens is 370 g/mol. The first-order valence-corrected chi connectivity index (χ1v) is 8.72. The summed E-state index contributed by atoms with van der Waals surface area (Å²) in [5.41, 5.74) is 1.57. The quantitative estimate of drug-likeness (QED) is 0.699. The Morgan fingerprint density at radius 1 is 1.07 bits per heavy atom. The molecule has 0 aliphatic carbocycles. The maximum absolute atomic E-state index is 12.0. The molecule has 2 aromatic carbocycles. The van der Waals surface area contributed by atoms with Crippen LogP contribution in [0.2, 0.25) is 5.02 Å². The molecule has 0 aliphatic rings. The Labute approximate surface area is 163 Å². The molecule has 27 heavy (non-hydrogen) atoms. The molecule has 0 spiro atoms. The number of nitrogens with one attached hydrogen (secondary N) is 1. The van der Waals surface area contributed by atoms with E-state index < -0.39 is 5.97 Å². The van der Waals surface area contributed by atoms with Crippen LogP contribution in [0.25, 0.3) is 0 Å². The van der Waals surface area contributed by atoms with Crippen LogP contribution in [-0.2, 0) is 20.7 Å². The molecule has 7 heteroatoms. The molecule has 0 radical (unpaired) electrons. The summed E-state index contributed by atoms with van der Waals surface area (Å²) in [6.07, 6.45) is 0.0253. The number of esters is 1. The van der Waals surface area contributed by atoms with E-state index in [0.717, 1.165) is 5.56 Å². The first kappa shape index (κ1) is 20.6. The van der Waals surface area contributed by atoms with Gasteiger partial charge in [-0.05, 0) is 42.3 Å². The van der Waals surface area contributed by atoms with E-state index in [1.54, 1.807) is 30.3 Å². The van der Waals surface area contributed by atoms with Crippen LogP contribution in [-0.4, -0.2) is 32.7 Å². The molecule has 0 heterocycles. The van der Waals surface area contributed by atoms with Gasteiger partial charge in [0.2, 0.25) is 0 Å². The summed E-state index contributed by atoms with van der Waals surface area (Å²) in [6.45, 7) is 1.48. The second kappa shape index (κ2) is 9.83. The van der Waals surface area contributed by atoms with Crippen molar-refractivity contribution in [3.05, 3.63) is 58.6 Å². The number of rotatable bonds is 8. The standard InChI is InChI=1S/C20H22ClNO5/c1-13(15-5-4-6-16(21)11-15)22-19(23)12-27-20(24)10-14-7-8-17(25-2)18(9-14)26-3/h4-9,11,13H,10,12H2,1-3H3,(H,22,23)/t13-/m0/s1. The molecule has 6 nitrogen and oxygen atoms in total. The minimum Gasteiger partial charge on any atom is -0.493 e. The van der Waals surface area contributed by atoms with Gasteiger partial charge in [-0.2, -0.15) is 0 Å². The van der Waals surface area contributed by atoms with Crippen molar-refractivity contribution in [1.29, 1.82) is 0 Å². The summed E-state index contributed by atoms with van der Waals surface area (Å²) in [5, 5.41) is 3.36. The molecule has 2 aromatic rings. The fourth-order valence-electron chi connectivity index (χ4n) is 2.50. The lowest BCUT2D eigenvalue weighted by Crippen LogP contribution is -2.31. The normalized spacial score (nSPS) is 11.4. The molecule has 144 valence electrons. The topological polar surface area (TPSA) is 73.9 Å². The number of benzene rings is 2. The van der Waals surface area contributed by atoms with Gasteiger partial charge in [-0.15, -0.1) is 0 Å². The van der Waals surface area contributed by atoms with Crippen LogP contribution in [0.4, 0.5) is 0 Å². The smallest absolute Gasteiger partial charge is 0.310 e. The fraction of sp³-hybridized carbons (Fsp3) is 0.300. The summed E-state index contributed by atoms with van der Waals surface area (Å²) < 4.78 is 15.4. The van der Waals surface area contributed by atoms with Crippen molar-refractivity contribution in [2.24, 2.45) is 0 Å². The first-order chi connectivity index (χ1) is 12.9. The second-order valence-electron chi connectivity index (χ2n) is 5.87. The molecule has 0 fully saturated rings. The molecule has 1 amide bonds. The highest BCUT2D eigenvalue weighted by Crippen LogP contribution is 2.27. The van der Waals surface area contributed by atoms with Crippen LogP contribution in [0.15, 0.2) is 42.5 Å². The highest BCUT2D eigenvalue weighted by Gasteiger charge is 2.13. The van der Waals surface area contributed by atoms with Crippen molar-refractivity contribution in [3.8, 4) is 11.5 Å². The molecule has 0 bridgehead atoms. The third-order valence-corrected chi connectivity index (χ3v) is 4.12. The summed E-state index contributed by atoms with van der Waals surface area (Å²) >= 11 is 5.95. The minimum absolute atomic E-state index is 0.0253. The van der Waals surface area contributed by atoms with Gasteiger partial charge in [0.1, 0.15) is 0 Å². The maximum atomic E-state index is 12.0. The Bertz CT molecular complexity index is 809. The third-order valence-electron chi connectivity index (χ3n) is 3.89. The number of hydrogen-bond donors (Lipinski definition) is 1. The van der Waals surface area contributed by atoms with E-state index >= 15 is 0 Å². The molecule has 1 atom stereocenters. The molecule has 1 N–H and O–H groups in total. The van der Waals surface area contributed by atoms with Crippen molar-refractivity contribution >= 4 is 23.5 Å². The molecule has 0 saturated carbocycles. The minimum atomic E-state index is -0.507. The van der Waals surface area contributed by atoms with Crippen molar-refractivity contribution in [3.63, 3.8) is 0 Å². The van der Waals surface area contributed by atoms with E-state index in [1.165, 1.54) is 14.2 Å². The van der Waals surface area contributed by atoms with E-state index in [2.05, 4.69) is 5.32 Å². The van der Waals surface area contributed by atoms with E-state index in [1.807, 2.05) is 19.1 Å². The number of halogens is 1. The van der Waals surface area contributed by atoms with Crippen molar-refractivity contribution < 1.29 is 23.8 Å². The largest absolute Gasteiger partial charge is 0.493 e.